The molecule has 5 heteroatoms. The molecule has 1 aromatic heterocycles. The lowest BCUT2D eigenvalue weighted by Crippen LogP contribution is -2.17. The Morgan fingerprint density at radius 1 is 1.33 bits per heavy atom. The Labute approximate surface area is 102 Å². The first kappa shape index (κ1) is 11.3. The van der Waals surface area contributed by atoms with Crippen LogP contribution in [0, 0.1) is 6.92 Å². The van der Waals surface area contributed by atoms with E-state index >= 15 is 0 Å². The topological polar surface area (TPSA) is 35.0 Å². The molecule has 2 heterocycles. The van der Waals surface area contributed by atoms with Gasteiger partial charge < -0.3 is 4.74 Å². The molecular weight excluding hydrogens is 279 g/mol. The highest BCUT2D eigenvalue weighted by Gasteiger charge is 2.20. The number of hydrogen-bond acceptors (Lipinski definition) is 3. The molecule has 0 saturated carbocycles. The van der Waals surface area contributed by atoms with Crippen molar-refractivity contribution in [2.24, 2.45) is 0 Å². The van der Waals surface area contributed by atoms with Gasteiger partial charge in [0.2, 0.25) is 0 Å². The van der Waals surface area contributed by atoms with Crippen molar-refractivity contribution < 1.29 is 4.74 Å². The van der Waals surface area contributed by atoms with Crippen molar-refractivity contribution in [3.63, 3.8) is 0 Å². The van der Waals surface area contributed by atoms with E-state index in [-0.39, 0.29) is 0 Å². The van der Waals surface area contributed by atoms with Crippen LogP contribution in [0.3, 0.4) is 0 Å². The van der Waals surface area contributed by atoms with E-state index in [1.807, 2.05) is 6.92 Å². The van der Waals surface area contributed by atoms with Crippen LogP contribution >= 0.6 is 27.5 Å². The molecule has 15 heavy (non-hydrogen) atoms. The van der Waals surface area contributed by atoms with Gasteiger partial charge in [-0.15, -0.1) is 0 Å². The minimum atomic E-state index is 0.392. The highest BCUT2D eigenvalue weighted by atomic mass is 79.9. The lowest BCUT2D eigenvalue weighted by Gasteiger charge is -2.21. The van der Waals surface area contributed by atoms with E-state index in [0.29, 0.717) is 11.1 Å². The largest absolute Gasteiger partial charge is 0.381 e. The van der Waals surface area contributed by atoms with E-state index in [1.54, 1.807) is 0 Å². The monoisotopic (exact) mass is 290 g/mol. The molecule has 0 aromatic carbocycles. The molecule has 82 valence electrons. The molecule has 1 saturated heterocycles. The number of hydrogen-bond donors (Lipinski definition) is 0. The van der Waals surface area contributed by atoms with Gasteiger partial charge in [-0.05, 0) is 35.7 Å². The predicted molar refractivity (Wildman–Crippen MR) is 62.3 cm³/mol. The highest BCUT2D eigenvalue weighted by Crippen LogP contribution is 2.29. The Balaban J connectivity index is 2.27. The van der Waals surface area contributed by atoms with Crippen LogP contribution in [0.1, 0.15) is 30.3 Å². The number of nitrogens with zero attached hydrogens (tertiary/aromatic N) is 2. The van der Waals surface area contributed by atoms with Gasteiger partial charge in [0.05, 0.1) is 10.2 Å². The van der Waals surface area contributed by atoms with Crippen LogP contribution in [-0.4, -0.2) is 23.2 Å². The quantitative estimate of drug-likeness (QED) is 0.746. The van der Waals surface area contributed by atoms with Gasteiger partial charge in [-0.2, -0.15) is 0 Å². The van der Waals surface area contributed by atoms with Crippen LogP contribution in [0.4, 0.5) is 0 Å². The second-order valence-electron chi connectivity index (χ2n) is 3.66. The number of rotatable bonds is 1. The molecule has 0 atom stereocenters. The Morgan fingerprint density at radius 2 is 2.00 bits per heavy atom. The Bertz CT molecular complexity index is 343. The lowest BCUT2D eigenvalue weighted by molar-refractivity contribution is 0.0835. The van der Waals surface area contributed by atoms with E-state index in [9.17, 15) is 0 Å². The number of aryl methyl sites for hydroxylation is 1. The first-order chi connectivity index (χ1) is 7.18. The van der Waals surface area contributed by atoms with Gasteiger partial charge in [-0.25, -0.2) is 9.97 Å². The summed E-state index contributed by atoms with van der Waals surface area (Å²) in [6.45, 7) is 3.52. The molecule has 1 aliphatic heterocycles. The third-order valence-electron chi connectivity index (χ3n) is 2.58. The summed E-state index contributed by atoms with van der Waals surface area (Å²) in [6.07, 6.45) is 1.97. The summed E-state index contributed by atoms with van der Waals surface area (Å²) in [6, 6.07) is 0. The molecular formula is C10H12BrClN2O. The van der Waals surface area contributed by atoms with Gasteiger partial charge in [-0.3, -0.25) is 0 Å². The third-order valence-corrected chi connectivity index (χ3v) is 4.03. The third kappa shape index (κ3) is 2.49. The van der Waals surface area contributed by atoms with Gasteiger partial charge in [0.15, 0.2) is 0 Å². The normalized spacial score (nSPS) is 18.1. The summed E-state index contributed by atoms with van der Waals surface area (Å²) in [4.78, 5) is 8.77. The zero-order valence-electron chi connectivity index (χ0n) is 8.46. The van der Waals surface area contributed by atoms with Crippen LogP contribution in [-0.2, 0) is 4.74 Å². The molecule has 0 radical (unpaired) electrons. The Morgan fingerprint density at radius 3 is 2.60 bits per heavy atom. The maximum atomic E-state index is 6.01. The highest BCUT2D eigenvalue weighted by molar-refractivity contribution is 9.10. The van der Waals surface area contributed by atoms with Crippen LogP contribution in [0.25, 0.3) is 0 Å². The molecule has 0 aliphatic carbocycles. The van der Waals surface area contributed by atoms with Crippen LogP contribution < -0.4 is 0 Å². The molecule has 1 aliphatic rings. The lowest BCUT2D eigenvalue weighted by atomic mass is 9.99. The smallest absolute Gasteiger partial charge is 0.147 e. The SMILES string of the molecule is Cc1nc(C2CCOCC2)nc(Cl)c1Br. The summed E-state index contributed by atoms with van der Waals surface area (Å²) in [7, 11) is 0. The summed E-state index contributed by atoms with van der Waals surface area (Å²) < 4.78 is 6.10. The minimum Gasteiger partial charge on any atom is -0.381 e. The van der Waals surface area contributed by atoms with Crippen LogP contribution in [0.15, 0.2) is 4.47 Å². The molecule has 3 nitrogen and oxygen atoms in total. The fourth-order valence-corrected chi connectivity index (χ4v) is 2.08. The van der Waals surface area contributed by atoms with Gasteiger partial charge in [0, 0.05) is 19.1 Å². The van der Waals surface area contributed by atoms with E-state index in [4.69, 9.17) is 16.3 Å². The second kappa shape index (κ2) is 4.76. The summed E-state index contributed by atoms with van der Waals surface area (Å²) in [5.74, 6) is 1.24. The van der Waals surface area contributed by atoms with Crippen molar-refractivity contribution in [2.45, 2.75) is 25.7 Å². The number of ether oxygens (including phenoxy) is 1. The summed E-state index contributed by atoms with van der Waals surface area (Å²) in [5.41, 5.74) is 0.900. The number of aromatic nitrogens is 2. The predicted octanol–water partition coefficient (Wildman–Crippen LogP) is 3.09. The summed E-state index contributed by atoms with van der Waals surface area (Å²) >= 11 is 9.36. The first-order valence-electron chi connectivity index (χ1n) is 4.95. The average molecular weight is 292 g/mol. The van der Waals surface area contributed by atoms with Crippen molar-refractivity contribution in [1.29, 1.82) is 0 Å². The second-order valence-corrected chi connectivity index (χ2v) is 4.81. The fourth-order valence-electron chi connectivity index (χ4n) is 1.68. The van der Waals surface area contributed by atoms with Gasteiger partial charge in [0.1, 0.15) is 11.0 Å². The van der Waals surface area contributed by atoms with E-state index in [2.05, 4.69) is 25.9 Å². The molecule has 0 amide bonds. The minimum absolute atomic E-state index is 0.392. The fraction of sp³-hybridized carbons (Fsp3) is 0.600. The molecule has 0 spiro atoms. The standard InChI is InChI=1S/C10H12BrClN2O/c1-6-8(11)9(12)14-10(13-6)7-2-4-15-5-3-7/h7H,2-5H2,1H3. The van der Waals surface area contributed by atoms with Gasteiger partial charge >= 0.3 is 0 Å². The zero-order valence-corrected chi connectivity index (χ0v) is 10.8. The van der Waals surface area contributed by atoms with E-state index < -0.39 is 0 Å². The van der Waals surface area contributed by atoms with Gasteiger partial charge in [0.25, 0.3) is 0 Å². The molecule has 0 bridgehead atoms. The van der Waals surface area contributed by atoms with Crippen molar-refractivity contribution in [3.05, 3.63) is 21.1 Å². The van der Waals surface area contributed by atoms with Crippen molar-refractivity contribution in [3.8, 4) is 0 Å². The Kier molecular flexibility index (Phi) is 3.59. The first-order valence-corrected chi connectivity index (χ1v) is 6.13. The summed E-state index contributed by atoms with van der Waals surface area (Å²) in [5, 5.41) is 0.504. The molecule has 0 unspecified atom stereocenters. The van der Waals surface area contributed by atoms with E-state index in [1.165, 1.54) is 0 Å². The van der Waals surface area contributed by atoms with E-state index in [0.717, 1.165) is 42.0 Å². The van der Waals surface area contributed by atoms with Crippen molar-refractivity contribution in [2.75, 3.05) is 13.2 Å². The molecule has 1 fully saturated rings. The molecule has 0 N–H and O–H groups in total. The Hall–Kier alpha value is -0.190. The molecule has 1 aromatic rings. The van der Waals surface area contributed by atoms with Crippen LogP contribution in [0.5, 0.6) is 0 Å². The van der Waals surface area contributed by atoms with Crippen LogP contribution in [0.2, 0.25) is 5.15 Å². The molecule has 2 rings (SSSR count). The van der Waals surface area contributed by atoms with Crippen molar-refractivity contribution >= 4 is 27.5 Å². The maximum Gasteiger partial charge on any atom is 0.147 e. The average Bonchev–Trinajstić information content (AvgIpc) is 2.26. The zero-order chi connectivity index (χ0) is 10.8. The number of halogens is 2. The van der Waals surface area contributed by atoms with Gasteiger partial charge in [-0.1, -0.05) is 11.6 Å². The maximum absolute atomic E-state index is 6.01. The van der Waals surface area contributed by atoms with Crippen molar-refractivity contribution in [1.82, 2.24) is 9.97 Å².